The highest BCUT2D eigenvalue weighted by molar-refractivity contribution is 5.43. The fourth-order valence-electron chi connectivity index (χ4n) is 3.88. The number of hydrogen-bond acceptors (Lipinski definition) is 10. The van der Waals surface area contributed by atoms with E-state index in [9.17, 15) is 5.11 Å². The van der Waals surface area contributed by atoms with E-state index in [4.69, 9.17) is 15.2 Å². The molecule has 1 heterocycles. The largest absolute Gasteiger partial charge is 0.393 e. The molecule has 2 saturated carbocycles. The number of aliphatic hydroxyl groups is 1. The fraction of sp³-hybridized carbons (Fsp3) is 0.850. The van der Waals surface area contributed by atoms with Crippen molar-refractivity contribution in [1.29, 1.82) is 0 Å². The molecular weight excluding hydrogens is 386 g/mol. The Bertz CT molecular complexity index is 608. The highest BCUT2D eigenvalue weighted by Crippen LogP contribution is 2.23. The zero-order chi connectivity index (χ0) is 21.0. The van der Waals surface area contributed by atoms with Crippen molar-refractivity contribution in [3.63, 3.8) is 0 Å². The van der Waals surface area contributed by atoms with E-state index in [-0.39, 0.29) is 12.1 Å². The molecule has 10 heteroatoms. The second-order valence-corrected chi connectivity index (χ2v) is 8.02. The van der Waals surface area contributed by atoms with Gasteiger partial charge in [0.2, 0.25) is 17.8 Å². The molecule has 0 spiro atoms. The van der Waals surface area contributed by atoms with Crippen molar-refractivity contribution in [1.82, 2.24) is 15.0 Å². The Balaban J connectivity index is 1.51. The monoisotopic (exact) mass is 423 g/mol. The molecule has 0 saturated heterocycles. The van der Waals surface area contributed by atoms with Crippen LogP contribution in [0.15, 0.2) is 0 Å². The van der Waals surface area contributed by atoms with Gasteiger partial charge in [0.1, 0.15) is 0 Å². The number of aromatic nitrogens is 3. The molecular formula is C20H37N7O3. The molecule has 0 aliphatic heterocycles. The van der Waals surface area contributed by atoms with Gasteiger partial charge in [-0.2, -0.15) is 15.0 Å². The number of rotatable bonds is 13. The summed E-state index contributed by atoms with van der Waals surface area (Å²) in [5.74, 6) is 1.71. The maximum atomic E-state index is 9.73. The van der Waals surface area contributed by atoms with Crippen LogP contribution in [-0.2, 0) is 9.47 Å². The Morgan fingerprint density at radius 2 is 1.33 bits per heavy atom. The molecule has 30 heavy (non-hydrogen) atoms. The lowest BCUT2D eigenvalue weighted by Gasteiger charge is -2.26. The molecule has 2 aliphatic rings. The third-order valence-corrected chi connectivity index (χ3v) is 5.52. The van der Waals surface area contributed by atoms with Crippen LogP contribution in [0.25, 0.3) is 0 Å². The molecule has 0 radical (unpaired) electrons. The summed E-state index contributed by atoms with van der Waals surface area (Å²) in [6.07, 6.45) is 8.07. The minimum atomic E-state index is -0.182. The van der Waals surface area contributed by atoms with Crippen molar-refractivity contribution in [3.05, 3.63) is 0 Å². The summed E-state index contributed by atoms with van der Waals surface area (Å²) in [4.78, 5) is 13.7. The molecule has 170 valence electrons. The summed E-state index contributed by atoms with van der Waals surface area (Å²) in [5, 5.41) is 19.8. The lowest BCUT2D eigenvalue weighted by atomic mass is 9.93. The lowest BCUT2D eigenvalue weighted by Crippen LogP contribution is -2.29. The number of nitrogens with one attached hydrogen (secondary N) is 3. The van der Waals surface area contributed by atoms with Crippen LogP contribution in [-0.4, -0.2) is 77.8 Å². The van der Waals surface area contributed by atoms with Crippen molar-refractivity contribution < 1.29 is 14.6 Å². The van der Waals surface area contributed by atoms with Gasteiger partial charge in [0, 0.05) is 25.2 Å². The van der Waals surface area contributed by atoms with Crippen LogP contribution < -0.4 is 21.7 Å². The summed E-state index contributed by atoms with van der Waals surface area (Å²) < 4.78 is 10.8. The highest BCUT2D eigenvalue weighted by atomic mass is 16.5. The molecule has 2 aliphatic carbocycles. The standard InChI is InChI=1S/C20H37N7O3/c21-9-11-29-13-14-30-12-10-22-18-25-19(23-15-3-1-2-4-15)27-20(26-18)24-16-5-7-17(28)8-6-16/h15-17,28H,1-14,21H2,(H3,22,23,24,25,26,27). The molecule has 0 aromatic carbocycles. The smallest absolute Gasteiger partial charge is 0.229 e. The van der Waals surface area contributed by atoms with Gasteiger partial charge in [-0.3, -0.25) is 0 Å². The molecule has 1 aromatic heterocycles. The van der Waals surface area contributed by atoms with E-state index in [1.54, 1.807) is 0 Å². The minimum Gasteiger partial charge on any atom is -0.393 e. The summed E-state index contributed by atoms with van der Waals surface area (Å²) in [5.41, 5.74) is 5.38. The number of anilines is 3. The van der Waals surface area contributed by atoms with E-state index in [0.717, 1.165) is 38.5 Å². The third kappa shape index (κ3) is 8.17. The summed E-state index contributed by atoms with van der Waals surface area (Å²) >= 11 is 0. The molecule has 0 atom stereocenters. The van der Waals surface area contributed by atoms with E-state index >= 15 is 0 Å². The zero-order valence-corrected chi connectivity index (χ0v) is 17.8. The average molecular weight is 424 g/mol. The Kier molecular flexibility index (Phi) is 9.81. The SMILES string of the molecule is NCCOCCOCCNc1nc(NC2CCCC2)nc(NC2CCC(O)CC2)n1. The number of aliphatic hydroxyl groups excluding tert-OH is 1. The first-order valence-electron chi connectivity index (χ1n) is 11.3. The number of hydrogen-bond donors (Lipinski definition) is 5. The normalized spacial score (nSPS) is 22.2. The fourth-order valence-corrected chi connectivity index (χ4v) is 3.88. The number of nitrogens with two attached hydrogens (primary N) is 1. The van der Waals surface area contributed by atoms with Crippen LogP contribution in [0.5, 0.6) is 0 Å². The summed E-state index contributed by atoms with van der Waals surface area (Å²) in [6.45, 7) is 3.29. The van der Waals surface area contributed by atoms with Crippen molar-refractivity contribution in [2.45, 2.75) is 69.6 Å². The van der Waals surface area contributed by atoms with E-state index < -0.39 is 0 Å². The lowest BCUT2D eigenvalue weighted by molar-refractivity contribution is 0.0547. The molecule has 10 nitrogen and oxygen atoms in total. The second kappa shape index (κ2) is 12.8. The molecule has 0 unspecified atom stereocenters. The van der Waals surface area contributed by atoms with Gasteiger partial charge >= 0.3 is 0 Å². The van der Waals surface area contributed by atoms with Gasteiger partial charge in [0.15, 0.2) is 0 Å². The van der Waals surface area contributed by atoms with Crippen LogP contribution >= 0.6 is 0 Å². The molecule has 0 amide bonds. The van der Waals surface area contributed by atoms with Gasteiger partial charge < -0.3 is 36.3 Å². The van der Waals surface area contributed by atoms with Crippen molar-refractivity contribution in [3.8, 4) is 0 Å². The van der Waals surface area contributed by atoms with Gasteiger partial charge in [-0.1, -0.05) is 12.8 Å². The Morgan fingerprint density at radius 1 is 0.767 bits per heavy atom. The quantitative estimate of drug-likeness (QED) is 0.295. The number of ether oxygens (including phenoxy) is 2. The maximum Gasteiger partial charge on any atom is 0.229 e. The maximum absolute atomic E-state index is 9.73. The predicted octanol–water partition coefficient (Wildman–Crippen LogP) is 1.35. The van der Waals surface area contributed by atoms with Gasteiger partial charge in [0.25, 0.3) is 0 Å². The Hall–Kier alpha value is -1.75. The molecule has 2 fully saturated rings. The molecule has 3 rings (SSSR count). The highest BCUT2D eigenvalue weighted by Gasteiger charge is 2.21. The first-order valence-corrected chi connectivity index (χ1v) is 11.3. The van der Waals surface area contributed by atoms with Gasteiger partial charge in [-0.15, -0.1) is 0 Å². The summed E-state index contributed by atoms with van der Waals surface area (Å²) in [6, 6.07) is 0.703. The van der Waals surface area contributed by atoms with Crippen LogP contribution in [0.4, 0.5) is 17.8 Å². The zero-order valence-electron chi connectivity index (χ0n) is 17.8. The van der Waals surface area contributed by atoms with Crippen LogP contribution in [0.2, 0.25) is 0 Å². The number of nitrogens with zero attached hydrogens (tertiary/aromatic N) is 3. The van der Waals surface area contributed by atoms with Gasteiger partial charge in [0.05, 0.1) is 32.5 Å². The first-order chi connectivity index (χ1) is 14.7. The summed E-state index contributed by atoms with van der Waals surface area (Å²) in [7, 11) is 0. The van der Waals surface area contributed by atoms with E-state index in [0.29, 0.717) is 63.4 Å². The molecule has 6 N–H and O–H groups in total. The van der Waals surface area contributed by atoms with E-state index in [1.165, 1.54) is 12.8 Å². The van der Waals surface area contributed by atoms with Crippen molar-refractivity contribution >= 4 is 17.8 Å². The molecule has 0 bridgehead atoms. The predicted molar refractivity (Wildman–Crippen MR) is 117 cm³/mol. The third-order valence-electron chi connectivity index (χ3n) is 5.52. The Morgan fingerprint density at radius 3 is 1.97 bits per heavy atom. The Labute approximate surface area is 178 Å². The van der Waals surface area contributed by atoms with Gasteiger partial charge in [-0.05, 0) is 38.5 Å². The van der Waals surface area contributed by atoms with E-state index in [2.05, 4.69) is 30.9 Å². The van der Waals surface area contributed by atoms with Crippen LogP contribution in [0, 0.1) is 0 Å². The van der Waals surface area contributed by atoms with E-state index in [1.807, 2.05) is 0 Å². The van der Waals surface area contributed by atoms with Crippen LogP contribution in [0.3, 0.4) is 0 Å². The van der Waals surface area contributed by atoms with Crippen molar-refractivity contribution in [2.75, 3.05) is 55.5 Å². The molecule has 1 aromatic rings. The van der Waals surface area contributed by atoms with Crippen molar-refractivity contribution in [2.24, 2.45) is 5.73 Å². The minimum absolute atomic E-state index is 0.182. The first kappa shape index (κ1) is 22.9. The second-order valence-electron chi connectivity index (χ2n) is 8.02. The average Bonchev–Trinajstić information content (AvgIpc) is 3.25. The van der Waals surface area contributed by atoms with Gasteiger partial charge in [-0.25, -0.2) is 0 Å². The van der Waals surface area contributed by atoms with Crippen LogP contribution in [0.1, 0.15) is 51.4 Å². The topological polar surface area (TPSA) is 139 Å².